The smallest absolute Gasteiger partial charge is 0.0111 e. The predicted molar refractivity (Wildman–Crippen MR) is 90.3 cm³/mol. The molecule has 0 bridgehead atoms. The molecule has 1 aromatic rings. The number of aryl methyl sites for hydroxylation is 2. The Hall–Kier alpha value is -0.510. The van der Waals surface area contributed by atoms with Crippen molar-refractivity contribution in [1.29, 1.82) is 0 Å². The zero-order valence-corrected chi connectivity index (χ0v) is 13.5. The Morgan fingerprint density at radius 2 is 1.80 bits per heavy atom. The van der Waals surface area contributed by atoms with Gasteiger partial charge in [0.05, 0.1) is 0 Å². The van der Waals surface area contributed by atoms with Gasteiger partial charge in [0.25, 0.3) is 0 Å². The zero-order valence-electron chi connectivity index (χ0n) is 12.6. The predicted octanol–water partition coefficient (Wildman–Crippen LogP) is 3.61. The Morgan fingerprint density at radius 3 is 2.45 bits per heavy atom. The Labute approximate surface area is 129 Å². The highest BCUT2D eigenvalue weighted by Crippen LogP contribution is 2.18. The molecular weight excluding hydrogens is 264 g/mol. The summed E-state index contributed by atoms with van der Waals surface area (Å²) < 4.78 is 3.01. The van der Waals surface area contributed by atoms with Crippen molar-refractivity contribution >= 4 is 12.8 Å². The standard InChI is InChI=1S/C17H28N2S/c1-15-5-7-16(8-6-15)9-10-17(11-12-18-20)19-13-3-2-4-14-19/h5-8,17-18,20H,2-4,9-14H2,1H3. The number of benzene rings is 1. The van der Waals surface area contributed by atoms with Crippen LogP contribution in [0.3, 0.4) is 0 Å². The van der Waals surface area contributed by atoms with E-state index in [4.69, 9.17) is 0 Å². The number of likely N-dealkylation sites (tertiary alicyclic amines) is 1. The molecule has 0 aliphatic carbocycles. The van der Waals surface area contributed by atoms with Gasteiger partial charge in [0, 0.05) is 12.6 Å². The van der Waals surface area contributed by atoms with Crippen LogP contribution in [0.2, 0.25) is 0 Å². The minimum atomic E-state index is 0.705. The van der Waals surface area contributed by atoms with Gasteiger partial charge in [-0.2, -0.15) is 0 Å². The maximum Gasteiger partial charge on any atom is 0.0111 e. The van der Waals surface area contributed by atoms with Crippen LogP contribution >= 0.6 is 12.8 Å². The summed E-state index contributed by atoms with van der Waals surface area (Å²) in [6.07, 6.45) is 7.80. The Morgan fingerprint density at radius 1 is 1.10 bits per heavy atom. The molecule has 2 rings (SSSR count). The average Bonchev–Trinajstić information content (AvgIpc) is 2.50. The van der Waals surface area contributed by atoms with Crippen molar-refractivity contribution in [3.05, 3.63) is 35.4 Å². The fraction of sp³-hybridized carbons (Fsp3) is 0.647. The molecule has 1 atom stereocenters. The van der Waals surface area contributed by atoms with E-state index >= 15 is 0 Å². The summed E-state index contributed by atoms with van der Waals surface area (Å²) in [7, 11) is 0. The van der Waals surface area contributed by atoms with Gasteiger partial charge < -0.3 is 4.90 Å². The average molecular weight is 292 g/mol. The molecule has 0 spiro atoms. The lowest BCUT2D eigenvalue weighted by Gasteiger charge is -2.34. The van der Waals surface area contributed by atoms with Crippen LogP contribution in [-0.4, -0.2) is 30.6 Å². The lowest BCUT2D eigenvalue weighted by Crippen LogP contribution is -2.40. The number of thiol groups is 1. The van der Waals surface area contributed by atoms with Gasteiger partial charge in [-0.15, -0.1) is 0 Å². The second kappa shape index (κ2) is 8.71. The number of piperidine rings is 1. The van der Waals surface area contributed by atoms with Crippen molar-refractivity contribution in [3.63, 3.8) is 0 Å². The van der Waals surface area contributed by atoms with Gasteiger partial charge in [-0.25, -0.2) is 0 Å². The lowest BCUT2D eigenvalue weighted by atomic mass is 9.99. The Bertz CT molecular complexity index is 371. The molecule has 1 saturated heterocycles. The minimum absolute atomic E-state index is 0.705. The first-order chi connectivity index (χ1) is 9.79. The van der Waals surface area contributed by atoms with Gasteiger partial charge in [0.2, 0.25) is 0 Å². The van der Waals surface area contributed by atoms with Crippen molar-refractivity contribution in [2.45, 2.75) is 51.5 Å². The fourth-order valence-corrected chi connectivity index (χ4v) is 3.24. The van der Waals surface area contributed by atoms with Crippen LogP contribution in [-0.2, 0) is 6.42 Å². The third kappa shape index (κ3) is 5.12. The first-order valence-corrected chi connectivity index (χ1v) is 8.41. The van der Waals surface area contributed by atoms with E-state index in [2.05, 4.69) is 53.6 Å². The highest BCUT2D eigenvalue weighted by Gasteiger charge is 2.19. The summed E-state index contributed by atoms with van der Waals surface area (Å²) in [5.74, 6) is 0. The van der Waals surface area contributed by atoms with E-state index in [-0.39, 0.29) is 0 Å². The highest BCUT2D eigenvalue weighted by atomic mass is 32.1. The zero-order chi connectivity index (χ0) is 14.2. The second-order valence-corrected chi connectivity index (χ2v) is 6.29. The summed E-state index contributed by atoms with van der Waals surface area (Å²) in [5, 5.41) is 0. The van der Waals surface area contributed by atoms with Gasteiger partial charge in [-0.05, 0) is 57.7 Å². The number of hydrogen-bond donors (Lipinski definition) is 2. The molecular formula is C17H28N2S. The molecule has 1 aliphatic rings. The second-order valence-electron chi connectivity index (χ2n) is 5.97. The fourth-order valence-electron chi connectivity index (χ4n) is 3.11. The first-order valence-electron chi connectivity index (χ1n) is 7.96. The molecule has 112 valence electrons. The van der Waals surface area contributed by atoms with E-state index in [1.54, 1.807) is 0 Å². The van der Waals surface area contributed by atoms with Crippen LogP contribution in [0.5, 0.6) is 0 Å². The first kappa shape index (κ1) is 15.9. The molecule has 1 heterocycles. The molecule has 2 nitrogen and oxygen atoms in total. The number of rotatable bonds is 7. The summed E-state index contributed by atoms with van der Waals surface area (Å²) in [6, 6.07) is 9.70. The molecule has 0 aromatic heterocycles. The van der Waals surface area contributed by atoms with Crippen molar-refractivity contribution in [2.24, 2.45) is 0 Å². The largest absolute Gasteiger partial charge is 0.300 e. The lowest BCUT2D eigenvalue weighted by molar-refractivity contribution is 0.149. The minimum Gasteiger partial charge on any atom is -0.300 e. The molecule has 20 heavy (non-hydrogen) atoms. The normalized spacial score (nSPS) is 18.1. The molecule has 1 unspecified atom stereocenters. The van der Waals surface area contributed by atoms with Crippen molar-refractivity contribution < 1.29 is 0 Å². The van der Waals surface area contributed by atoms with Gasteiger partial charge >= 0.3 is 0 Å². The topological polar surface area (TPSA) is 15.3 Å². The maximum atomic E-state index is 4.14. The Kier molecular flexibility index (Phi) is 6.91. The van der Waals surface area contributed by atoms with Gasteiger partial charge in [0.15, 0.2) is 0 Å². The van der Waals surface area contributed by atoms with Gasteiger partial charge in [-0.3, -0.25) is 4.72 Å². The summed E-state index contributed by atoms with van der Waals surface area (Å²) in [6.45, 7) is 5.72. The number of nitrogens with zero attached hydrogens (tertiary/aromatic N) is 1. The van der Waals surface area contributed by atoms with Gasteiger partial charge in [0.1, 0.15) is 0 Å². The molecule has 1 aliphatic heterocycles. The van der Waals surface area contributed by atoms with E-state index in [0.717, 1.165) is 6.54 Å². The van der Waals surface area contributed by atoms with Crippen LogP contribution < -0.4 is 4.72 Å². The molecule has 0 saturated carbocycles. The van der Waals surface area contributed by atoms with Crippen LogP contribution in [0.25, 0.3) is 0 Å². The maximum absolute atomic E-state index is 4.14. The van der Waals surface area contributed by atoms with Crippen molar-refractivity contribution in [2.75, 3.05) is 19.6 Å². The molecule has 1 aromatic carbocycles. The highest BCUT2D eigenvalue weighted by molar-refractivity contribution is 7.78. The molecule has 1 N–H and O–H groups in total. The Balaban J connectivity index is 1.87. The van der Waals surface area contributed by atoms with E-state index in [1.165, 1.54) is 62.7 Å². The third-order valence-corrected chi connectivity index (χ3v) is 4.61. The van der Waals surface area contributed by atoms with Crippen LogP contribution in [0.15, 0.2) is 24.3 Å². The SMILES string of the molecule is Cc1ccc(CCC(CCNS)N2CCCCC2)cc1. The summed E-state index contributed by atoms with van der Waals surface area (Å²) in [4.78, 5) is 2.70. The monoisotopic (exact) mass is 292 g/mol. The van der Waals surface area contributed by atoms with Gasteiger partial charge in [-0.1, -0.05) is 49.1 Å². The van der Waals surface area contributed by atoms with Crippen molar-refractivity contribution in [3.8, 4) is 0 Å². The van der Waals surface area contributed by atoms with Crippen LogP contribution in [0.1, 0.15) is 43.2 Å². The molecule has 0 radical (unpaired) electrons. The summed E-state index contributed by atoms with van der Waals surface area (Å²) in [5.41, 5.74) is 2.82. The summed E-state index contributed by atoms with van der Waals surface area (Å²) >= 11 is 4.14. The van der Waals surface area contributed by atoms with E-state index in [0.29, 0.717) is 6.04 Å². The van der Waals surface area contributed by atoms with Crippen LogP contribution in [0, 0.1) is 6.92 Å². The van der Waals surface area contributed by atoms with Crippen LogP contribution in [0.4, 0.5) is 0 Å². The molecule has 0 amide bonds. The van der Waals surface area contributed by atoms with E-state index in [9.17, 15) is 0 Å². The van der Waals surface area contributed by atoms with E-state index < -0.39 is 0 Å². The quantitative estimate of drug-likeness (QED) is 0.747. The van der Waals surface area contributed by atoms with Crippen molar-refractivity contribution in [1.82, 2.24) is 9.62 Å². The molecule has 3 heteroatoms. The molecule has 1 fully saturated rings. The number of hydrogen-bond acceptors (Lipinski definition) is 3. The third-order valence-electron chi connectivity index (χ3n) is 4.38. The van der Waals surface area contributed by atoms with E-state index in [1.807, 2.05) is 0 Å². The number of nitrogens with one attached hydrogen (secondary N) is 1.